The molecule has 19 heteroatoms. The van der Waals surface area contributed by atoms with Crippen LogP contribution in [0.1, 0.15) is 18.7 Å². The van der Waals surface area contributed by atoms with E-state index in [0.717, 1.165) is 10.8 Å². The van der Waals surface area contributed by atoms with E-state index in [1.807, 2.05) is 0 Å². The number of hydrogen-bond donors (Lipinski definition) is 4. The van der Waals surface area contributed by atoms with Crippen molar-refractivity contribution in [1.82, 2.24) is 14.6 Å². The fourth-order valence-corrected chi connectivity index (χ4v) is 5.80. The minimum atomic E-state index is -4.66. The number of esters is 1. The van der Waals surface area contributed by atoms with E-state index in [9.17, 15) is 29.9 Å². The van der Waals surface area contributed by atoms with Gasteiger partial charge in [0.1, 0.15) is 36.4 Å². The van der Waals surface area contributed by atoms with Gasteiger partial charge in [0.25, 0.3) is 0 Å². The molecule has 0 spiro atoms. The molecule has 1 aliphatic heterocycles. The highest BCUT2D eigenvalue weighted by Crippen LogP contribution is 2.49. The summed E-state index contributed by atoms with van der Waals surface area (Å²) in [5.41, 5.74) is 12.1. The predicted molar refractivity (Wildman–Crippen MR) is 156 cm³/mol. The molecule has 2 heterocycles. The smallest absolute Gasteiger partial charge is 0.459 e. The zero-order valence-corrected chi connectivity index (χ0v) is 25.2. The summed E-state index contributed by atoms with van der Waals surface area (Å²) in [6, 6.07) is 12.6. The number of nitrogens with two attached hydrogens (primary N) is 1. The van der Waals surface area contributed by atoms with Crippen molar-refractivity contribution in [3.63, 3.8) is 0 Å². The van der Waals surface area contributed by atoms with E-state index in [-0.39, 0.29) is 28.2 Å². The molecule has 44 heavy (non-hydrogen) atoms. The summed E-state index contributed by atoms with van der Waals surface area (Å²) in [4.78, 5) is 31.3. The lowest BCUT2D eigenvalue weighted by atomic mass is 10.1. The molecule has 2 unspecified atom stereocenters. The molecule has 0 radical (unpaired) electrons. The van der Waals surface area contributed by atoms with Gasteiger partial charge in [-0.05, 0) is 36.2 Å². The molecule has 3 aromatic rings. The first kappa shape index (κ1) is 33.2. The molecule has 16 nitrogen and oxygen atoms in total. The standard InChI is InChI=1S/C25H26Cl2N7O9P/c1-14(23(37)40-12-15-5-3-2-4-6-15)31-44(39,43-16-7-8-17(26)18(27)11-16)41-13-25(32-33-29)21(36)20(35)22(42-25)34-10-9-19(28)30-24(34)38/h2-11,14,20-22,35-36H,12-13H2,1H3,(H,31,39)(H2,28,30,38)/t14-,20+,21-,22+,25?,44?/m0/s1. The molecular formula is C25H26Cl2N7O9P. The highest BCUT2D eigenvalue weighted by Gasteiger charge is 2.56. The van der Waals surface area contributed by atoms with Crippen molar-refractivity contribution in [3.8, 4) is 5.75 Å². The molecular weight excluding hydrogens is 644 g/mol. The Morgan fingerprint density at radius 2 is 2.00 bits per heavy atom. The molecule has 1 saturated heterocycles. The van der Waals surface area contributed by atoms with E-state index < -0.39 is 56.2 Å². The zero-order valence-electron chi connectivity index (χ0n) is 22.8. The Hall–Kier alpha value is -3.69. The van der Waals surface area contributed by atoms with Gasteiger partial charge in [0.15, 0.2) is 6.23 Å². The van der Waals surface area contributed by atoms with Gasteiger partial charge < -0.3 is 29.9 Å². The van der Waals surface area contributed by atoms with Crippen LogP contribution < -0.4 is 21.0 Å². The number of nitrogens with zero attached hydrogens (tertiary/aromatic N) is 5. The monoisotopic (exact) mass is 669 g/mol. The van der Waals surface area contributed by atoms with Crippen LogP contribution in [-0.4, -0.2) is 56.3 Å². The zero-order chi connectivity index (χ0) is 32.1. The van der Waals surface area contributed by atoms with Gasteiger partial charge in [0, 0.05) is 17.2 Å². The average Bonchev–Trinajstić information content (AvgIpc) is 3.23. The van der Waals surface area contributed by atoms with Crippen LogP contribution >= 0.6 is 30.9 Å². The lowest BCUT2D eigenvalue weighted by Gasteiger charge is -2.29. The first-order chi connectivity index (χ1) is 20.9. The van der Waals surface area contributed by atoms with Crippen LogP contribution in [-0.2, 0) is 30.0 Å². The van der Waals surface area contributed by atoms with Gasteiger partial charge in [-0.3, -0.25) is 13.9 Å². The second-order valence-electron chi connectivity index (χ2n) is 9.40. The molecule has 0 aliphatic carbocycles. The Balaban J connectivity index is 1.59. The summed E-state index contributed by atoms with van der Waals surface area (Å²) in [5, 5.41) is 27.7. The maximum Gasteiger partial charge on any atom is 0.459 e. The fourth-order valence-electron chi connectivity index (χ4n) is 4.00. The maximum atomic E-state index is 14.0. The van der Waals surface area contributed by atoms with Gasteiger partial charge in [-0.2, -0.15) is 10.1 Å². The number of nitrogens with one attached hydrogen (secondary N) is 1. The van der Waals surface area contributed by atoms with E-state index >= 15 is 0 Å². The van der Waals surface area contributed by atoms with Crippen LogP contribution in [0.4, 0.5) is 5.82 Å². The van der Waals surface area contributed by atoms with Gasteiger partial charge in [0.05, 0.1) is 16.7 Å². The lowest BCUT2D eigenvalue weighted by molar-refractivity contribution is -0.146. The minimum absolute atomic E-state index is 0.0413. The third-order valence-corrected chi connectivity index (χ3v) is 8.59. The number of hydrogen-bond acceptors (Lipinski definition) is 12. The number of azide groups is 1. The number of anilines is 1. The summed E-state index contributed by atoms with van der Waals surface area (Å²) in [7, 11) is -4.66. The number of carbonyl (C=O) groups excluding carboxylic acids is 1. The van der Waals surface area contributed by atoms with Crippen molar-refractivity contribution in [2.75, 3.05) is 12.3 Å². The first-order valence-corrected chi connectivity index (χ1v) is 15.0. The average molecular weight is 670 g/mol. The highest BCUT2D eigenvalue weighted by atomic mass is 35.5. The third-order valence-electron chi connectivity index (χ3n) is 6.23. The molecule has 0 saturated carbocycles. The van der Waals surface area contributed by atoms with Crippen LogP contribution in [0.5, 0.6) is 5.75 Å². The summed E-state index contributed by atoms with van der Waals surface area (Å²) >= 11 is 12.0. The summed E-state index contributed by atoms with van der Waals surface area (Å²) in [6.07, 6.45) is -4.36. The van der Waals surface area contributed by atoms with Crippen molar-refractivity contribution < 1.29 is 38.1 Å². The minimum Gasteiger partial charge on any atom is -0.460 e. The Labute approximate surface area is 259 Å². The summed E-state index contributed by atoms with van der Waals surface area (Å²) < 4.78 is 36.9. The van der Waals surface area contributed by atoms with E-state index in [1.54, 1.807) is 30.3 Å². The number of halogens is 2. The molecule has 1 aliphatic rings. The number of aliphatic hydroxyl groups is 2. The lowest BCUT2D eigenvalue weighted by Crippen LogP contribution is -2.45. The summed E-state index contributed by atoms with van der Waals surface area (Å²) in [5.74, 6) is -1.06. The molecule has 4 rings (SSSR count). The van der Waals surface area contributed by atoms with Crippen molar-refractivity contribution in [1.29, 1.82) is 0 Å². The number of nitrogen functional groups attached to an aromatic ring is 1. The largest absolute Gasteiger partial charge is 0.460 e. The van der Waals surface area contributed by atoms with Crippen molar-refractivity contribution >= 4 is 42.7 Å². The predicted octanol–water partition coefficient (Wildman–Crippen LogP) is 3.31. The number of rotatable bonds is 12. The molecule has 5 N–H and O–H groups in total. The van der Waals surface area contributed by atoms with Gasteiger partial charge in [-0.25, -0.2) is 9.36 Å². The van der Waals surface area contributed by atoms with Gasteiger partial charge in [-0.1, -0.05) is 58.6 Å². The van der Waals surface area contributed by atoms with E-state index in [4.69, 9.17) is 47.5 Å². The van der Waals surface area contributed by atoms with Crippen molar-refractivity contribution in [3.05, 3.63) is 97.3 Å². The molecule has 2 aromatic carbocycles. The van der Waals surface area contributed by atoms with Gasteiger partial charge in [-0.15, -0.1) is 0 Å². The van der Waals surface area contributed by atoms with Crippen LogP contribution in [0, 0.1) is 0 Å². The second-order valence-corrected chi connectivity index (χ2v) is 11.9. The van der Waals surface area contributed by atoms with Crippen LogP contribution in [0.2, 0.25) is 10.0 Å². The number of benzene rings is 2. The molecule has 0 bridgehead atoms. The molecule has 1 aromatic heterocycles. The van der Waals surface area contributed by atoms with E-state index in [0.29, 0.717) is 5.56 Å². The fraction of sp³-hybridized carbons (Fsp3) is 0.320. The number of aliphatic hydroxyl groups excluding tert-OH is 2. The van der Waals surface area contributed by atoms with Crippen LogP contribution in [0.25, 0.3) is 10.4 Å². The van der Waals surface area contributed by atoms with E-state index in [1.165, 1.54) is 31.2 Å². The highest BCUT2D eigenvalue weighted by molar-refractivity contribution is 7.52. The quantitative estimate of drug-likeness (QED) is 0.0715. The maximum absolute atomic E-state index is 14.0. The molecule has 0 amide bonds. The van der Waals surface area contributed by atoms with Crippen LogP contribution in [0.15, 0.2) is 70.7 Å². The number of aromatic nitrogens is 2. The molecule has 1 fully saturated rings. The molecule has 234 valence electrons. The first-order valence-electron chi connectivity index (χ1n) is 12.7. The second kappa shape index (κ2) is 13.9. The Bertz CT molecular complexity index is 1660. The normalized spacial score (nSPS) is 23.2. The van der Waals surface area contributed by atoms with E-state index in [2.05, 4.69) is 20.1 Å². The Morgan fingerprint density at radius 1 is 1.27 bits per heavy atom. The number of ether oxygens (including phenoxy) is 2. The van der Waals surface area contributed by atoms with Crippen LogP contribution in [0.3, 0.4) is 0 Å². The Kier molecular flexibility index (Phi) is 10.5. The number of carbonyl (C=O) groups is 1. The topological polar surface area (TPSA) is 233 Å². The summed E-state index contributed by atoms with van der Waals surface area (Å²) in [6.45, 7) is 0.232. The molecule has 6 atom stereocenters. The SMILES string of the molecule is C[C@H](NP(=O)(OCC1(N=[N+]=[N-])O[C@@H](n2ccc(N)nc2=O)[C@H](O)[C@@H]1O)Oc1ccc(Cl)c(Cl)c1)C(=O)OCc1ccccc1. The Morgan fingerprint density at radius 3 is 2.66 bits per heavy atom. The van der Waals surface area contributed by atoms with Gasteiger partial charge >= 0.3 is 19.4 Å². The van der Waals surface area contributed by atoms with Crippen molar-refractivity contribution in [2.45, 2.75) is 43.7 Å². The van der Waals surface area contributed by atoms with Gasteiger partial charge in [0.2, 0.25) is 5.72 Å². The third kappa shape index (κ3) is 7.68. The van der Waals surface area contributed by atoms with Crippen molar-refractivity contribution in [2.24, 2.45) is 5.11 Å².